The van der Waals surface area contributed by atoms with Crippen molar-refractivity contribution in [3.05, 3.63) is 15.9 Å². The molecule has 1 aliphatic heterocycles. The van der Waals surface area contributed by atoms with Gasteiger partial charge in [0.2, 0.25) is 0 Å². The minimum atomic E-state index is -3.58. The van der Waals surface area contributed by atoms with E-state index in [2.05, 4.69) is 15.9 Å². The highest BCUT2D eigenvalue weighted by Crippen LogP contribution is 2.30. The molecule has 2 atom stereocenters. The summed E-state index contributed by atoms with van der Waals surface area (Å²) in [5.41, 5.74) is 0. The van der Waals surface area contributed by atoms with Crippen molar-refractivity contribution in [2.75, 3.05) is 13.1 Å². The minimum absolute atomic E-state index is 0.0565. The van der Waals surface area contributed by atoms with Crippen LogP contribution in [0.4, 0.5) is 0 Å². The third-order valence-corrected chi connectivity index (χ3v) is 6.29. The molecule has 0 aliphatic carbocycles. The first-order valence-electron chi connectivity index (χ1n) is 4.53. The Balaban J connectivity index is 2.27. The van der Waals surface area contributed by atoms with E-state index in [-0.39, 0.29) is 17.3 Å². The Morgan fingerprint density at radius 2 is 1.88 bits per heavy atom. The van der Waals surface area contributed by atoms with Gasteiger partial charge in [-0.05, 0) is 28.1 Å². The fourth-order valence-corrected chi connectivity index (χ4v) is 5.14. The maximum Gasteiger partial charge on any atom is 0.252 e. The molecular formula is C8H10BrNO4S2. The Bertz CT molecular complexity index is 476. The quantitative estimate of drug-likeness (QED) is 0.815. The van der Waals surface area contributed by atoms with Gasteiger partial charge < -0.3 is 10.2 Å². The first-order valence-corrected chi connectivity index (χ1v) is 7.58. The summed E-state index contributed by atoms with van der Waals surface area (Å²) in [6, 6.07) is 3.15. The Morgan fingerprint density at radius 1 is 1.31 bits per heavy atom. The standard InChI is InChI=1S/C8H10BrNO4S2/c9-7-1-2-8(15-7)16(13,14)10-3-5(11)6(12)4-10/h1-2,5-6,11-12H,3-4H2. The highest BCUT2D eigenvalue weighted by molar-refractivity contribution is 9.11. The number of halogens is 1. The number of aliphatic hydroxyl groups excluding tert-OH is 2. The van der Waals surface area contributed by atoms with Crippen LogP contribution in [-0.2, 0) is 10.0 Å². The molecule has 90 valence electrons. The number of aliphatic hydroxyl groups is 2. The Hall–Kier alpha value is 0.01000. The monoisotopic (exact) mass is 327 g/mol. The zero-order valence-corrected chi connectivity index (χ0v) is 11.3. The van der Waals surface area contributed by atoms with Gasteiger partial charge in [-0.25, -0.2) is 8.42 Å². The van der Waals surface area contributed by atoms with Gasteiger partial charge in [-0.1, -0.05) is 0 Å². The second kappa shape index (κ2) is 4.35. The number of hydrogen-bond acceptors (Lipinski definition) is 5. The minimum Gasteiger partial charge on any atom is -0.389 e. The van der Waals surface area contributed by atoms with E-state index in [4.69, 9.17) is 0 Å². The largest absolute Gasteiger partial charge is 0.389 e. The van der Waals surface area contributed by atoms with E-state index in [0.29, 0.717) is 0 Å². The van der Waals surface area contributed by atoms with E-state index in [1.165, 1.54) is 6.07 Å². The van der Waals surface area contributed by atoms with Crippen LogP contribution in [0.15, 0.2) is 20.1 Å². The number of sulfonamides is 1. The predicted molar refractivity (Wildman–Crippen MR) is 62.8 cm³/mol. The lowest BCUT2D eigenvalue weighted by Gasteiger charge is -2.13. The molecule has 0 bridgehead atoms. The van der Waals surface area contributed by atoms with Crippen molar-refractivity contribution in [1.29, 1.82) is 0 Å². The predicted octanol–water partition coefficient (Wildman–Crippen LogP) is 0.237. The second-order valence-electron chi connectivity index (χ2n) is 3.52. The number of thiophene rings is 1. The summed E-state index contributed by atoms with van der Waals surface area (Å²) in [4.78, 5) is 0. The van der Waals surface area contributed by atoms with Crippen LogP contribution in [0, 0.1) is 0 Å². The van der Waals surface area contributed by atoms with Gasteiger partial charge in [-0.3, -0.25) is 0 Å². The summed E-state index contributed by atoms with van der Waals surface area (Å²) in [5.74, 6) is 0. The van der Waals surface area contributed by atoms with Crippen molar-refractivity contribution in [3.63, 3.8) is 0 Å². The topological polar surface area (TPSA) is 77.8 Å². The van der Waals surface area contributed by atoms with Crippen molar-refractivity contribution in [2.45, 2.75) is 16.4 Å². The van der Waals surface area contributed by atoms with Gasteiger partial charge in [0, 0.05) is 13.1 Å². The molecule has 2 N–H and O–H groups in total. The van der Waals surface area contributed by atoms with Crippen LogP contribution in [0.1, 0.15) is 0 Å². The summed E-state index contributed by atoms with van der Waals surface area (Å²) in [6.07, 6.45) is -2.00. The SMILES string of the molecule is O=S(=O)(c1ccc(Br)s1)N1CC(O)C(O)C1. The summed E-state index contributed by atoms with van der Waals surface area (Å²) < 4.78 is 26.1. The molecule has 1 aromatic rings. The third-order valence-electron chi connectivity index (χ3n) is 2.37. The highest BCUT2D eigenvalue weighted by Gasteiger charge is 2.38. The summed E-state index contributed by atoms with van der Waals surface area (Å²) in [7, 11) is -3.58. The maximum absolute atomic E-state index is 12.0. The molecule has 1 saturated heterocycles. The van der Waals surface area contributed by atoms with Crippen LogP contribution in [-0.4, -0.2) is 48.2 Å². The van der Waals surface area contributed by atoms with Crippen molar-refractivity contribution in [2.24, 2.45) is 0 Å². The Morgan fingerprint density at radius 3 is 2.31 bits per heavy atom. The fraction of sp³-hybridized carbons (Fsp3) is 0.500. The molecule has 8 heteroatoms. The smallest absolute Gasteiger partial charge is 0.252 e. The first kappa shape index (κ1) is 12.5. The van der Waals surface area contributed by atoms with Crippen molar-refractivity contribution in [1.82, 2.24) is 4.31 Å². The molecule has 0 spiro atoms. The molecule has 0 amide bonds. The molecule has 16 heavy (non-hydrogen) atoms. The van der Waals surface area contributed by atoms with Crippen LogP contribution >= 0.6 is 27.3 Å². The Kier molecular flexibility index (Phi) is 3.39. The number of rotatable bonds is 2. The van der Waals surface area contributed by atoms with Crippen LogP contribution < -0.4 is 0 Å². The van der Waals surface area contributed by atoms with E-state index in [1.807, 2.05) is 0 Å². The Labute approximate surface area is 106 Å². The zero-order chi connectivity index (χ0) is 11.9. The average Bonchev–Trinajstić information content (AvgIpc) is 2.75. The molecule has 1 aromatic heterocycles. The number of nitrogens with zero attached hydrogens (tertiary/aromatic N) is 1. The molecule has 0 saturated carbocycles. The lowest BCUT2D eigenvalue weighted by atomic mass is 10.3. The number of β-amino-alcohol motifs (C(OH)–C–C–N with tert-alkyl or cyclic N) is 2. The van der Waals surface area contributed by atoms with Gasteiger partial charge in [0.1, 0.15) is 4.21 Å². The lowest BCUT2D eigenvalue weighted by Crippen LogP contribution is -2.29. The molecule has 2 heterocycles. The van der Waals surface area contributed by atoms with Gasteiger partial charge >= 0.3 is 0 Å². The molecule has 0 aromatic carbocycles. The fourth-order valence-electron chi connectivity index (χ4n) is 1.49. The van der Waals surface area contributed by atoms with Gasteiger partial charge in [-0.2, -0.15) is 4.31 Å². The normalized spacial score (nSPS) is 27.4. The zero-order valence-electron chi connectivity index (χ0n) is 8.08. The summed E-state index contributed by atoms with van der Waals surface area (Å²) in [6.45, 7) is -0.113. The van der Waals surface area contributed by atoms with Crippen LogP contribution in [0.3, 0.4) is 0 Å². The van der Waals surface area contributed by atoms with Crippen LogP contribution in [0.2, 0.25) is 0 Å². The first-order chi connectivity index (χ1) is 7.41. The third kappa shape index (κ3) is 2.18. The second-order valence-corrected chi connectivity index (χ2v) is 8.14. The highest BCUT2D eigenvalue weighted by atomic mass is 79.9. The van der Waals surface area contributed by atoms with Crippen molar-refractivity contribution < 1.29 is 18.6 Å². The lowest BCUT2D eigenvalue weighted by molar-refractivity contribution is 0.0572. The van der Waals surface area contributed by atoms with Crippen molar-refractivity contribution in [3.8, 4) is 0 Å². The molecule has 2 rings (SSSR count). The van der Waals surface area contributed by atoms with E-state index in [0.717, 1.165) is 19.4 Å². The maximum atomic E-state index is 12.0. The molecule has 0 radical (unpaired) electrons. The van der Waals surface area contributed by atoms with Gasteiger partial charge in [-0.15, -0.1) is 11.3 Å². The summed E-state index contributed by atoms with van der Waals surface area (Å²) >= 11 is 4.30. The van der Waals surface area contributed by atoms with Crippen LogP contribution in [0.25, 0.3) is 0 Å². The molecular weight excluding hydrogens is 318 g/mol. The van der Waals surface area contributed by atoms with Crippen molar-refractivity contribution >= 4 is 37.3 Å². The van der Waals surface area contributed by atoms with E-state index in [9.17, 15) is 18.6 Å². The van der Waals surface area contributed by atoms with E-state index in [1.54, 1.807) is 6.07 Å². The number of hydrogen-bond donors (Lipinski definition) is 2. The molecule has 1 aliphatic rings. The summed E-state index contributed by atoms with van der Waals surface area (Å²) in [5, 5.41) is 18.6. The van der Waals surface area contributed by atoms with E-state index >= 15 is 0 Å². The molecule has 1 fully saturated rings. The van der Waals surface area contributed by atoms with Gasteiger partial charge in [0.05, 0.1) is 16.0 Å². The van der Waals surface area contributed by atoms with Crippen LogP contribution in [0.5, 0.6) is 0 Å². The molecule has 2 unspecified atom stereocenters. The average molecular weight is 328 g/mol. The van der Waals surface area contributed by atoms with E-state index < -0.39 is 22.2 Å². The molecule has 5 nitrogen and oxygen atoms in total. The van der Waals surface area contributed by atoms with Gasteiger partial charge in [0.25, 0.3) is 10.0 Å². The van der Waals surface area contributed by atoms with Gasteiger partial charge in [0.15, 0.2) is 0 Å².